The van der Waals surface area contributed by atoms with E-state index in [1.54, 1.807) is 0 Å². The monoisotopic (exact) mass is 498 g/mol. The zero-order valence-electron chi connectivity index (χ0n) is 17.4. The Kier molecular flexibility index (Phi) is 9.89. The molecule has 1 aliphatic rings. The molecular weight excluding hydrogens is 478 g/mol. The minimum atomic E-state index is -5.00. The van der Waals surface area contributed by atoms with Crippen molar-refractivity contribution in [1.29, 1.82) is 0 Å². The van der Waals surface area contributed by atoms with Crippen molar-refractivity contribution in [1.82, 2.24) is 0 Å². The van der Waals surface area contributed by atoms with Gasteiger partial charge in [-0.3, -0.25) is 19.2 Å². The van der Waals surface area contributed by atoms with Gasteiger partial charge >= 0.3 is 36.2 Å². The van der Waals surface area contributed by atoms with Gasteiger partial charge in [0.05, 0.1) is 0 Å². The molecule has 0 unspecified atom stereocenters. The number of carbonyl (C=O) groups excluding carboxylic acids is 4. The Morgan fingerprint density at radius 3 is 1.61 bits per heavy atom. The molecule has 4 atom stereocenters. The lowest BCUT2D eigenvalue weighted by atomic mass is 9.97. The van der Waals surface area contributed by atoms with Gasteiger partial charge in [0.2, 0.25) is 0 Å². The Labute approximate surface area is 182 Å². The van der Waals surface area contributed by atoms with E-state index in [4.69, 9.17) is 18.9 Å². The number of halogens is 6. The molecule has 0 aromatic rings. The Balaban J connectivity index is 3.16. The molecule has 16 heteroatoms. The SMILES string of the molecule is CO[C@H]1O[C@H](CC(C(=O)OCC(F)(F)F)C(=O)OCC(F)(F)F)[C@@H](OC(C)=O)[C@H]1OC(C)=O. The van der Waals surface area contributed by atoms with Gasteiger partial charge in [-0.1, -0.05) is 0 Å². The first kappa shape index (κ1) is 28.4. The number of hydrogen-bond acceptors (Lipinski definition) is 10. The van der Waals surface area contributed by atoms with Crippen LogP contribution in [0.15, 0.2) is 0 Å². The zero-order chi connectivity index (χ0) is 25.6. The summed E-state index contributed by atoms with van der Waals surface area (Å²) < 4.78 is 102. The smallest absolute Gasteiger partial charge is 0.422 e. The number of carbonyl (C=O) groups is 4. The van der Waals surface area contributed by atoms with Crippen LogP contribution >= 0.6 is 0 Å². The molecule has 0 radical (unpaired) electrons. The Morgan fingerprint density at radius 2 is 1.24 bits per heavy atom. The lowest BCUT2D eigenvalue weighted by Crippen LogP contribution is -2.42. The number of ether oxygens (including phenoxy) is 6. The largest absolute Gasteiger partial charge is 0.456 e. The van der Waals surface area contributed by atoms with Crippen molar-refractivity contribution in [2.24, 2.45) is 5.92 Å². The minimum Gasteiger partial charge on any atom is -0.456 e. The third-order valence-electron chi connectivity index (χ3n) is 3.90. The summed E-state index contributed by atoms with van der Waals surface area (Å²) in [6, 6.07) is 0. The van der Waals surface area contributed by atoms with Gasteiger partial charge in [-0.25, -0.2) is 0 Å². The van der Waals surface area contributed by atoms with Crippen LogP contribution in [0.5, 0.6) is 0 Å². The van der Waals surface area contributed by atoms with Crippen molar-refractivity contribution in [2.75, 3.05) is 20.3 Å². The fraction of sp³-hybridized carbons (Fsp3) is 0.765. The van der Waals surface area contributed by atoms with Crippen molar-refractivity contribution in [3.63, 3.8) is 0 Å². The standard InChI is InChI=1S/C17H20F6O10/c1-7(24)31-11-10(33-15(28-3)12(11)32-8(2)25)4-9(13(26)29-5-16(18,19)20)14(27)30-6-17(21,22)23/h9-12,15H,4-6H2,1-3H3/t10-,11-,12-,15+/m1/s1. The van der Waals surface area contributed by atoms with Crippen molar-refractivity contribution >= 4 is 23.9 Å². The predicted octanol–water partition coefficient (Wildman–Crippen LogP) is 1.44. The average Bonchev–Trinajstić information content (AvgIpc) is 2.96. The second-order valence-corrected chi connectivity index (χ2v) is 6.66. The summed E-state index contributed by atoms with van der Waals surface area (Å²) in [4.78, 5) is 47.0. The second kappa shape index (κ2) is 11.5. The van der Waals surface area contributed by atoms with E-state index < -0.39 is 86.4 Å². The van der Waals surface area contributed by atoms with Crippen LogP contribution in [0.4, 0.5) is 26.3 Å². The van der Waals surface area contributed by atoms with Gasteiger partial charge in [-0.15, -0.1) is 0 Å². The Bertz CT molecular complexity index is 692. The van der Waals surface area contributed by atoms with E-state index >= 15 is 0 Å². The first-order valence-electron chi connectivity index (χ1n) is 9.03. The average molecular weight is 498 g/mol. The molecule has 0 spiro atoms. The van der Waals surface area contributed by atoms with Crippen molar-refractivity contribution < 1.29 is 73.9 Å². The van der Waals surface area contributed by atoms with Crippen LogP contribution in [0.1, 0.15) is 20.3 Å². The first-order valence-corrected chi connectivity index (χ1v) is 9.03. The van der Waals surface area contributed by atoms with E-state index in [0.717, 1.165) is 21.0 Å². The number of methoxy groups -OCH3 is 1. The molecule has 10 nitrogen and oxygen atoms in total. The summed E-state index contributed by atoms with van der Waals surface area (Å²) in [5, 5.41) is 0. The molecule has 0 aromatic carbocycles. The topological polar surface area (TPSA) is 124 Å². The number of rotatable bonds is 9. The van der Waals surface area contributed by atoms with E-state index in [-0.39, 0.29) is 0 Å². The highest BCUT2D eigenvalue weighted by Crippen LogP contribution is 2.32. The van der Waals surface area contributed by atoms with Crippen LogP contribution < -0.4 is 0 Å². The van der Waals surface area contributed by atoms with Crippen LogP contribution in [-0.4, -0.2) is 81.2 Å². The van der Waals surface area contributed by atoms with Crippen LogP contribution in [0.3, 0.4) is 0 Å². The fourth-order valence-corrected chi connectivity index (χ4v) is 2.75. The number of alkyl halides is 6. The van der Waals surface area contributed by atoms with Gasteiger partial charge in [-0.2, -0.15) is 26.3 Å². The van der Waals surface area contributed by atoms with Crippen LogP contribution in [0.25, 0.3) is 0 Å². The van der Waals surface area contributed by atoms with E-state index in [1.165, 1.54) is 0 Å². The molecule has 33 heavy (non-hydrogen) atoms. The Morgan fingerprint density at radius 1 is 0.818 bits per heavy atom. The summed E-state index contributed by atoms with van der Waals surface area (Å²) in [5.41, 5.74) is 0. The summed E-state index contributed by atoms with van der Waals surface area (Å²) in [7, 11) is 1.08. The third kappa shape index (κ3) is 9.81. The quantitative estimate of drug-likeness (QED) is 0.200. The van der Waals surface area contributed by atoms with Crippen molar-refractivity contribution in [3.8, 4) is 0 Å². The van der Waals surface area contributed by atoms with E-state index in [1.807, 2.05) is 0 Å². The highest BCUT2D eigenvalue weighted by atomic mass is 19.4. The Hall–Kier alpha value is -2.62. The number of esters is 4. The van der Waals surface area contributed by atoms with E-state index in [0.29, 0.717) is 0 Å². The van der Waals surface area contributed by atoms with Gasteiger partial charge < -0.3 is 28.4 Å². The van der Waals surface area contributed by atoms with Crippen molar-refractivity contribution in [2.45, 2.75) is 57.2 Å². The molecule has 1 saturated heterocycles. The van der Waals surface area contributed by atoms with Crippen LogP contribution in [0, 0.1) is 5.92 Å². The zero-order valence-corrected chi connectivity index (χ0v) is 17.4. The van der Waals surface area contributed by atoms with Gasteiger partial charge in [0.25, 0.3) is 0 Å². The highest BCUT2D eigenvalue weighted by Gasteiger charge is 2.52. The summed E-state index contributed by atoms with van der Waals surface area (Å²) >= 11 is 0. The molecule has 0 amide bonds. The lowest BCUT2D eigenvalue weighted by molar-refractivity contribution is -0.201. The van der Waals surface area contributed by atoms with Crippen LogP contribution in [-0.2, 0) is 47.6 Å². The molecule has 1 aliphatic heterocycles. The molecule has 1 heterocycles. The minimum absolute atomic E-state index is 0.880. The molecule has 0 aromatic heterocycles. The van der Waals surface area contributed by atoms with Crippen molar-refractivity contribution in [3.05, 3.63) is 0 Å². The van der Waals surface area contributed by atoms with E-state index in [9.17, 15) is 45.5 Å². The van der Waals surface area contributed by atoms with E-state index in [2.05, 4.69) is 9.47 Å². The van der Waals surface area contributed by atoms with Gasteiger partial charge in [0.1, 0.15) is 6.10 Å². The second-order valence-electron chi connectivity index (χ2n) is 6.66. The van der Waals surface area contributed by atoms with Gasteiger partial charge in [-0.05, 0) is 0 Å². The molecule has 1 fully saturated rings. The van der Waals surface area contributed by atoms with Gasteiger partial charge in [0.15, 0.2) is 37.6 Å². The predicted molar refractivity (Wildman–Crippen MR) is 88.9 cm³/mol. The third-order valence-corrected chi connectivity index (χ3v) is 3.90. The molecule has 0 bridgehead atoms. The number of hydrogen-bond donors (Lipinski definition) is 0. The molecule has 190 valence electrons. The maximum atomic E-state index is 12.4. The molecule has 0 saturated carbocycles. The molecule has 1 rings (SSSR count). The maximum Gasteiger partial charge on any atom is 0.422 e. The summed E-state index contributed by atoms with van der Waals surface area (Å²) in [6.07, 6.45) is -16.9. The summed E-state index contributed by atoms with van der Waals surface area (Å²) in [6.45, 7) is -2.35. The molecule has 0 aliphatic carbocycles. The maximum absolute atomic E-state index is 12.4. The summed E-state index contributed by atoms with van der Waals surface area (Å²) in [5.74, 6) is -7.90. The normalized spacial score (nSPS) is 23.2. The fourth-order valence-electron chi connectivity index (χ4n) is 2.75. The lowest BCUT2D eigenvalue weighted by Gasteiger charge is -2.24. The van der Waals surface area contributed by atoms with Crippen LogP contribution in [0.2, 0.25) is 0 Å². The highest BCUT2D eigenvalue weighted by molar-refractivity contribution is 5.95. The molecule has 0 N–H and O–H groups in total. The van der Waals surface area contributed by atoms with Gasteiger partial charge in [0, 0.05) is 27.4 Å². The first-order chi connectivity index (χ1) is 15.0. The molecular formula is C17H20F6O10.